The minimum absolute atomic E-state index is 0.00591. The number of aryl methyl sites for hydroxylation is 2. The number of nitrogens with one attached hydrogen (secondary N) is 1. The molecule has 0 unspecified atom stereocenters. The van der Waals surface area contributed by atoms with Gasteiger partial charge < -0.3 is 10.2 Å². The van der Waals surface area contributed by atoms with Crippen LogP contribution in [-0.2, 0) is 32.6 Å². The van der Waals surface area contributed by atoms with Crippen LogP contribution < -0.4 is 9.62 Å². The van der Waals surface area contributed by atoms with Crippen molar-refractivity contribution >= 4 is 50.7 Å². The maximum absolute atomic E-state index is 14.6. The fourth-order valence-electron chi connectivity index (χ4n) is 4.98. The number of nitrogens with zero attached hydrogens (tertiary/aromatic N) is 2. The summed E-state index contributed by atoms with van der Waals surface area (Å²) in [7, 11) is -4.30. The summed E-state index contributed by atoms with van der Waals surface area (Å²) in [5.41, 5.74) is 3.56. The molecule has 46 heavy (non-hydrogen) atoms. The van der Waals surface area contributed by atoms with Crippen molar-refractivity contribution in [3.63, 3.8) is 0 Å². The van der Waals surface area contributed by atoms with Gasteiger partial charge in [-0.25, -0.2) is 8.42 Å². The highest BCUT2D eigenvalue weighted by atomic mass is 35.5. The monoisotopic (exact) mass is 679 g/mol. The Bertz CT molecular complexity index is 1760. The first-order valence-electron chi connectivity index (χ1n) is 15.1. The number of sulfonamides is 1. The predicted octanol–water partition coefficient (Wildman–Crippen LogP) is 7.22. The van der Waals surface area contributed by atoms with Crippen LogP contribution >= 0.6 is 23.2 Å². The summed E-state index contributed by atoms with van der Waals surface area (Å²) in [5, 5.41) is 3.13. The standard InChI is InChI=1S/C36H39Cl2N3O4S/c1-25(2)22-39-36(43)33(21-28-12-6-5-7-13-28)40(23-29-14-9-8-11-27(29)4)34(42)24-41(32-16-10-15-31(37)35(32)38)46(44,45)30-19-17-26(3)18-20-30/h5-20,25,33H,21-24H2,1-4H3,(H,39,43)/t33-/m0/s1. The smallest absolute Gasteiger partial charge is 0.264 e. The summed E-state index contributed by atoms with van der Waals surface area (Å²) in [6, 6.07) is 27.1. The van der Waals surface area contributed by atoms with Gasteiger partial charge in [-0.05, 0) is 60.7 Å². The van der Waals surface area contributed by atoms with Crippen LogP contribution in [0.3, 0.4) is 0 Å². The fraction of sp³-hybridized carbons (Fsp3) is 0.278. The summed E-state index contributed by atoms with van der Waals surface area (Å²) >= 11 is 12.9. The highest BCUT2D eigenvalue weighted by Crippen LogP contribution is 2.35. The number of hydrogen-bond donors (Lipinski definition) is 1. The first-order chi connectivity index (χ1) is 21.9. The van der Waals surface area contributed by atoms with Crippen LogP contribution in [0.4, 0.5) is 5.69 Å². The number of halogens is 2. The Morgan fingerprint density at radius 3 is 2.13 bits per heavy atom. The van der Waals surface area contributed by atoms with E-state index in [-0.39, 0.29) is 45.4 Å². The second-order valence-corrected chi connectivity index (χ2v) is 14.3. The third-order valence-electron chi connectivity index (χ3n) is 7.65. The van der Waals surface area contributed by atoms with Crippen LogP contribution in [0.5, 0.6) is 0 Å². The largest absolute Gasteiger partial charge is 0.354 e. The van der Waals surface area contributed by atoms with Crippen molar-refractivity contribution in [2.45, 2.75) is 51.6 Å². The molecular formula is C36H39Cl2N3O4S. The Morgan fingerprint density at radius 1 is 0.826 bits per heavy atom. The van der Waals surface area contributed by atoms with Crippen LogP contribution in [0.25, 0.3) is 0 Å². The van der Waals surface area contributed by atoms with E-state index >= 15 is 0 Å². The molecule has 1 atom stereocenters. The molecule has 242 valence electrons. The van der Waals surface area contributed by atoms with Crippen molar-refractivity contribution in [3.05, 3.63) is 129 Å². The third kappa shape index (κ3) is 8.69. The Hall–Kier alpha value is -3.85. The van der Waals surface area contributed by atoms with Crippen LogP contribution in [-0.4, -0.2) is 44.3 Å². The van der Waals surface area contributed by atoms with Gasteiger partial charge in [-0.15, -0.1) is 0 Å². The molecule has 0 aliphatic rings. The molecule has 0 spiro atoms. The van der Waals surface area contributed by atoms with Crippen molar-refractivity contribution < 1.29 is 18.0 Å². The normalized spacial score (nSPS) is 12.1. The molecule has 10 heteroatoms. The lowest BCUT2D eigenvalue weighted by Gasteiger charge is -2.34. The van der Waals surface area contributed by atoms with E-state index in [4.69, 9.17) is 23.2 Å². The third-order valence-corrected chi connectivity index (χ3v) is 10.2. The molecule has 4 aromatic rings. The number of benzene rings is 4. The number of rotatable bonds is 13. The molecule has 4 rings (SSSR count). The van der Waals surface area contributed by atoms with E-state index in [1.165, 1.54) is 23.1 Å². The first kappa shape index (κ1) is 35.0. The molecule has 0 fully saturated rings. The zero-order valence-electron chi connectivity index (χ0n) is 26.4. The number of amides is 2. The van der Waals surface area contributed by atoms with E-state index in [2.05, 4.69) is 5.32 Å². The molecular weight excluding hydrogens is 641 g/mol. The Balaban J connectivity index is 1.84. The summed E-state index contributed by atoms with van der Waals surface area (Å²) in [6.45, 7) is 7.65. The summed E-state index contributed by atoms with van der Waals surface area (Å²) in [4.78, 5) is 30.0. The lowest BCUT2D eigenvalue weighted by atomic mass is 10.0. The van der Waals surface area contributed by atoms with Crippen LogP contribution in [0.1, 0.15) is 36.1 Å². The van der Waals surface area contributed by atoms with Crippen molar-refractivity contribution in [2.75, 3.05) is 17.4 Å². The molecule has 0 aromatic heterocycles. The number of hydrogen-bond acceptors (Lipinski definition) is 4. The summed E-state index contributed by atoms with van der Waals surface area (Å²) < 4.78 is 29.4. The Labute approximate surface area is 282 Å². The van der Waals surface area contributed by atoms with Gasteiger partial charge in [0.25, 0.3) is 10.0 Å². The van der Waals surface area contributed by atoms with Crippen molar-refractivity contribution in [3.8, 4) is 0 Å². The highest BCUT2D eigenvalue weighted by molar-refractivity contribution is 7.92. The van der Waals surface area contributed by atoms with Crippen LogP contribution in [0, 0.1) is 19.8 Å². The lowest BCUT2D eigenvalue weighted by Crippen LogP contribution is -2.53. The van der Waals surface area contributed by atoms with Gasteiger partial charge in [0.15, 0.2) is 0 Å². The summed E-state index contributed by atoms with van der Waals surface area (Å²) in [6.07, 6.45) is 0.227. The zero-order chi connectivity index (χ0) is 33.4. The van der Waals surface area contributed by atoms with Gasteiger partial charge in [0.2, 0.25) is 11.8 Å². The van der Waals surface area contributed by atoms with E-state index in [1.807, 2.05) is 82.3 Å². The highest BCUT2D eigenvalue weighted by Gasteiger charge is 2.35. The zero-order valence-corrected chi connectivity index (χ0v) is 28.7. The fourth-order valence-corrected chi connectivity index (χ4v) is 6.86. The van der Waals surface area contributed by atoms with E-state index in [0.717, 1.165) is 26.6 Å². The van der Waals surface area contributed by atoms with E-state index in [9.17, 15) is 18.0 Å². The van der Waals surface area contributed by atoms with Crippen LogP contribution in [0.15, 0.2) is 102 Å². The van der Waals surface area contributed by atoms with Gasteiger partial charge in [0.1, 0.15) is 12.6 Å². The lowest BCUT2D eigenvalue weighted by molar-refractivity contribution is -0.140. The topological polar surface area (TPSA) is 86.8 Å². The van der Waals surface area contributed by atoms with E-state index in [0.29, 0.717) is 6.54 Å². The minimum Gasteiger partial charge on any atom is -0.354 e. The maximum atomic E-state index is 14.6. The van der Waals surface area contributed by atoms with E-state index in [1.54, 1.807) is 24.3 Å². The minimum atomic E-state index is -4.30. The van der Waals surface area contributed by atoms with Gasteiger partial charge in [0.05, 0.1) is 20.6 Å². The molecule has 7 nitrogen and oxygen atoms in total. The predicted molar refractivity (Wildman–Crippen MR) is 186 cm³/mol. The van der Waals surface area contributed by atoms with Gasteiger partial charge in [0, 0.05) is 19.5 Å². The molecule has 4 aromatic carbocycles. The molecule has 1 N–H and O–H groups in total. The quantitative estimate of drug-likeness (QED) is 0.162. The Morgan fingerprint density at radius 2 is 1.48 bits per heavy atom. The number of anilines is 1. The molecule has 0 bridgehead atoms. The molecule has 0 saturated heterocycles. The molecule has 0 aliphatic heterocycles. The molecule has 0 heterocycles. The molecule has 0 aliphatic carbocycles. The van der Waals surface area contributed by atoms with Crippen molar-refractivity contribution in [2.24, 2.45) is 5.92 Å². The summed E-state index contributed by atoms with van der Waals surface area (Å²) in [5.74, 6) is -0.717. The van der Waals surface area contributed by atoms with Gasteiger partial charge in [-0.2, -0.15) is 0 Å². The number of carbonyl (C=O) groups is 2. The van der Waals surface area contributed by atoms with Crippen molar-refractivity contribution in [1.29, 1.82) is 0 Å². The van der Waals surface area contributed by atoms with Crippen LogP contribution in [0.2, 0.25) is 10.0 Å². The van der Waals surface area contributed by atoms with Crippen molar-refractivity contribution in [1.82, 2.24) is 10.2 Å². The first-order valence-corrected chi connectivity index (χ1v) is 17.3. The molecule has 0 saturated carbocycles. The van der Waals surface area contributed by atoms with Gasteiger partial charge >= 0.3 is 0 Å². The van der Waals surface area contributed by atoms with E-state index < -0.39 is 28.5 Å². The average molecular weight is 681 g/mol. The second-order valence-electron chi connectivity index (χ2n) is 11.7. The molecule has 2 amide bonds. The van der Waals surface area contributed by atoms with Gasteiger partial charge in [-0.1, -0.05) is 115 Å². The average Bonchev–Trinajstić information content (AvgIpc) is 3.03. The number of carbonyl (C=O) groups excluding carboxylic acids is 2. The second kappa shape index (κ2) is 15.6. The Kier molecular flexibility index (Phi) is 11.9. The molecule has 0 radical (unpaired) electrons. The maximum Gasteiger partial charge on any atom is 0.264 e. The van der Waals surface area contributed by atoms with Gasteiger partial charge in [-0.3, -0.25) is 13.9 Å². The SMILES string of the molecule is Cc1ccc(S(=O)(=O)N(CC(=O)N(Cc2ccccc2C)[C@@H](Cc2ccccc2)C(=O)NCC(C)C)c2cccc(Cl)c2Cl)cc1.